The summed E-state index contributed by atoms with van der Waals surface area (Å²) in [6.45, 7) is 0. The first-order valence-corrected chi connectivity index (χ1v) is 10.7. The number of fused-ring (bicyclic) bond motifs is 1. The van der Waals surface area contributed by atoms with Gasteiger partial charge in [0.05, 0.1) is 22.5 Å². The molecule has 0 aliphatic rings. The van der Waals surface area contributed by atoms with Crippen LogP contribution < -0.4 is 16.8 Å². The molecule has 6 nitrogen and oxygen atoms in total. The number of halogens is 4. The molecule has 0 aliphatic carbocycles. The number of nitrogens with one attached hydrogen (secondary N) is 1. The fraction of sp³-hybridized carbons (Fsp3) is 0.0385. The van der Waals surface area contributed by atoms with Gasteiger partial charge in [0, 0.05) is 34.0 Å². The summed E-state index contributed by atoms with van der Waals surface area (Å²) in [5, 5.41) is 3.74. The highest BCUT2D eigenvalue weighted by Crippen LogP contribution is 2.33. The molecule has 36 heavy (non-hydrogen) atoms. The Hall–Kier alpha value is -4.73. The van der Waals surface area contributed by atoms with Crippen molar-refractivity contribution in [2.45, 2.75) is 6.18 Å². The number of nitrogens with zero attached hydrogens (tertiary/aromatic N) is 3. The van der Waals surface area contributed by atoms with Crippen LogP contribution in [0.4, 0.5) is 40.7 Å². The van der Waals surface area contributed by atoms with Crippen molar-refractivity contribution in [1.82, 2.24) is 15.0 Å². The van der Waals surface area contributed by atoms with E-state index < -0.39 is 11.7 Å². The lowest BCUT2D eigenvalue weighted by atomic mass is 10.1. The van der Waals surface area contributed by atoms with E-state index in [0.717, 1.165) is 12.1 Å². The molecule has 5 rings (SSSR count). The third-order valence-corrected chi connectivity index (χ3v) is 5.46. The molecule has 2 aromatic heterocycles. The lowest BCUT2D eigenvalue weighted by Gasteiger charge is -2.12. The van der Waals surface area contributed by atoms with E-state index in [1.165, 1.54) is 30.3 Å². The molecule has 3 aromatic carbocycles. The molecule has 10 heteroatoms. The molecule has 0 saturated heterocycles. The molecule has 5 aromatic rings. The molecule has 0 amide bonds. The van der Waals surface area contributed by atoms with Gasteiger partial charge in [0.2, 0.25) is 5.95 Å². The van der Waals surface area contributed by atoms with Gasteiger partial charge in [-0.2, -0.15) is 18.2 Å². The van der Waals surface area contributed by atoms with Crippen molar-refractivity contribution in [3.05, 3.63) is 90.2 Å². The fourth-order valence-electron chi connectivity index (χ4n) is 3.81. The van der Waals surface area contributed by atoms with Gasteiger partial charge in [0.15, 0.2) is 0 Å². The van der Waals surface area contributed by atoms with Gasteiger partial charge in [0.25, 0.3) is 0 Å². The summed E-state index contributed by atoms with van der Waals surface area (Å²) >= 11 is 0. The van der Waals surface area contributed by atoms with Crippen molar-refractivity contribution >= 4 is 34.0 Å². The second-order valence-corrected chi connectivity index (χ2v) is 8.04. The van der Waals surface area contributed by atoms with Crippen molar-refractivity contribution in [3.63, 3.8) is 0 Å². The summed E-state index contributed by atoms with van der Waals surface area (Å²) in [6, 6.07) is 19.3. The van der Waals surface area contributed by atoms with E-state index in [0.29, 0.717) is 33.5 Å². The lowest BCUT2D eigenvalue weighted by Crippen LogP contribution is -2.05. The Morgan fingerprint density at radius 2 is 1.44 bits per heavy atom. The van der Waals surface area contributed by atoms with Crippen molar-refractivity contribution in [2.75, 3.05) is 16.8 Å². The number of aromatic nitrogens is 3. The predicted molar refractivity (Wildman–Crippen MR) is 132 cm³/mol. The van der Waals surface area contributed by atoms with Gasteiger partial charge in [0.1, 0.15) is 11.6 Å². The zero-order valence-electron chi connectivity index (χ0n) is 18.5. The minimum Gasteiger partial charge on any atom is -0.398 e. The van der Waals surface area contributed by atoms with Gasteiger partial charge in [-0.3, -0.25) is 0 Å². The van der Waals surface area contributed by atoms with Crippen LogP contribution in [0.15, 0.2) is 78.9 Å². The SMILES string of the molecule is Nc1nc(Nc2ccc3nc(-c4cccc(F)c4)cc(N)c3c2)cc(-c2cccc(C(F)(F)F)c2)n1. The number of pyridine rings is 1. The summed E-state index contributed by atoms with van der Waals surface area (Å²) in [6.07, 6.45) is -4.48. The first-order valence-electron chi connectivity index (χ1n) is 10.7. The molecular weight excluding hydrogens is 472 g/mol. The Kier molecular flexibility index (Phi) is 5.63. The van der Waals surface area contributed by atoms with E-state index in [9.17, 15) is 17.6 Å². The van der Waals surface area contributed by atoms with Crippen LogP contribution in [0.25, 0.3) is 33.4 Å². The van der Waals surface area contributed by atoms with Crippen molar-refractivity contribution in [2.24, 2.45) is 0 Å². The largest absolute Gasteiger partial charge is 0.416 e. The van der Waals surface area contributed by atoms with E-state index >= 15 is 0 Å². The zero-order valence-corrected chi connectivity index (χ0v) is 18.5. The maximum absolute atomic E-state index is 13.6. The number of benzene rings is 3. The highest BCUT2D eigenvalue weighted by Gasteiger charge is 2.30. The monoisotopic (exact) mass is 490 g/mol. The first kappa shape index (κ1) is 23.0. The average Bonchev–Trinajstić information content (AvgIpc) is 2.83. The molecule has 0 saturated carbocycles. The molecular formula is C26H18F4N6. The van der Waals surface area contributed by atoms with Crippen LogP contribution in [0.1, 0.15) is 5.56 Å². The van der Waals surface area contributed by atoms with E-state index in [1.54, 1.807) is 36.4 Å². The van der Waals surface area contributed by atoms with Crippen LogP contribution in [0.3, 0.4) is 0 Å². The maximum atomic E-state index is 13.6. The number of rotatable bonds is 4. The summed E-state index contributed by atoms with van der Waals surface area (Å²) in [4.78, 5) is 12.8. The summed E-state index contributed by atoms with van der Waals surface area (Å²) in [5.74, 6) is -0.188. The summed E-state index contributed by atoms with van der Waals surface area (Å²) < 4.78 is 53.0. The molecule has 0 spiro atoms. The van der Waals surface area contributed by atoms with Gasteiger partial charge >= 0.3 is 6.18 Å². The van der Waals surface area contributed by atoms with Crippen LogP contribution >= 0.6 is 0 Å². The number of alkyl halides is 3. The summed E-state index contributed by atoms with van der Waals surface area (Å²) in [7, 11) is 0. The van der Waals surface area contributed by atoms with Gasteiger partial charge in [-0.05, 0) is 48.5 Å². The number of hydrogen-bond donors (Lipinski definition) is 3. The van der Waals surface area contributed by atoms with Crippen LogP contribution in [-0.2, 0) is 6.18 Å². The average molecular weight is 490 g/mol. The summed E-state index contributed by atoms with van der Waals surface area (Å²) in [5.41, 5.74) is 14.6. The normalized spacial score (nSPS) is 11.6. The van der Waals surface area contributed by atoms with E-state index in [4.69, 9.17) is 11.5 Å². The molecule has 0 fully saturated rings. The molecule has 0 atom stereocenters. The zero-order chi connectivity index (χ0) is 25.4. The van der Waals surface area contributed by atoms with Gasteiger partial charge < -0.3 is 16.8 Å². The molecule has 0 bridgehead atoms. The smallest absolute Gasteiger partial charge is 0.398 e. The third-order valence-electron chi connectivity index (χ3n) is 5.46. The quantitative estimate of drug-likeness (QED) is 0.251. The van der Waals surface area contributed by atoms with Crippen LogP contribution in [0.5, 0.6) is 0 Å². The van der Waals surface area contributed by atoms with E-state index in [1.807, 2.05) is 0 Å². The number of nitrogens with two attached hydrogens (primary N) is 2. The molecule has 0 aliphatic heterocycles. The highest BCUT2D eigenvalue weighted by molar-refractivity contribution is 5.95. The number of nitrogen functional groups attached to an aromatic ring is 2. The van der Waals surface area contributed by atoms with E-state index in [2.05, 4.69) is 20.3 Å². The Bertz CT molecular complexity index is 1600. The minimum atomic E-state index is -4.48. The third kappa shape index (κ3) is 4.74. The Balaban J connectivity index is 1.47. The second kappa shape index (κ2) is 8.81. The number of anilines is 4. The molecule has 2 heterocycles. The second-order valence-electron chi connectivity index (χ2n) is 8.04. The van der Waals surface area contributed by atoms with Gasteiger partial charge in [-0.15, -0.1) is 0 Å². The van der Waals surface area contributed by atoms with Crippen molar-refractivity contribution in [1.29, 1.82) is 0 Å². The molecule has 180 valence electrons. The maximum Gasteiger partial charge on any atom is 0.416 e. The van der Waals surface area contributed by atoms with Gasteiger partial charge in [-0.1, -0.05) is 24.3 Å². The highest BCUT2D eigenvalue weighted by atomic mass is 19.4. The predicted octanol–water partition coefficient (Wildman–Crippen LogP) is 6.42. The topological polar surface area (TPSA) is 103 Å². The minimum absolute atomic E-state index is 0.103. The number of hydrogen-bond acceptors (Lipinski definition) is 6. The molecule has 5 N–H and O–H groups in total. The van der Waals surface area contributed by atoms with Crippen LogP contribution in [0, 0.1) is 5.82 Å². The van der Waals surface area contributed by atoms with Crippen LogP contribution in [-0.4, -0.2) is 15.0 Å². The first-order chi connectivity index (χ1) is 17.2. The fourth-order valence-corrected chi connectivity index (χ4v) is 3.81. The Morgan fingerprint density at radius 1 is 0.722 bits per heavy atom. The lowest BCUT2D eigenvalue weighted by molar-refractivity contribution is -0.137. The molecule has 0 radical (unpaired) electrons. The Labute approximate surface area is 202 Å². The van der Waals surface area contributed by atoms with Crippen molar-refractivity contribution < 1.29 is 17.6 Å². The van der Waals surface area contributed by atoms with Crippen LogP contribution in [0.2, 0.25) is 0 Å². The standard InChI is InChI=1S/C26H18F4N6/c27-17-6-2-4-15(10-17)22-12-20(31)19-11-18(7-8-21(19)34-22)33-24-13-23(35-25(32)36-24)14-3-1-5-16(9-14)26(28,29)30/h1-13H,(H2,31,34)(H3,32,33,35,36). The van der Waals surface area contributed by atoms with E-state index in [-0.39, 0.29) is 28.8 Å². The van der Waals surface area contributed by atoms with Gasteiger partial charge in [-0.25, -0.2) is 14.4 Å². The van der Waals surface area contributed by atoms with Crippen molar-refractivity contribution in [3.8, 4) is 22.5 Å². The molecule has 0 unspecified atom stereocenters. The Morgan fingerprint density at radius 3 is 2.19 bits per heavy atom.